The van der Waals surface area contributed by atoms with Crippen LogP contribution in [0.2, 0.25) is 5.02 Å². The predicted octanol–water partition coefficient (Wildman–Crippen LogP) is 2.86. The van der Waals surface area contributed by atoms with Gasteiger partial charge in [0.2, 0.25) is 15.9 Å². The number of carbonyl (C=O) groups excluding carboxylic acids is 1. The number of benzene rings is 2. The summed E-state index contributed by atoms with van der Waals surface area (Å²) in [6, 6.07) is 16.2. The number of hydrogen-bond acceptors (Lipinski definition) is 3. The highest BCUT2D eigenvalue weighted by Crippen LogP contribution is 2.15. The SMILES string of the molecule is CN(c1ccccc1)S(=O)(=O)CCNC(=O)CCc1cccc(Cl)c1. The van der Waals surface area contributed by atoms with E-state index in [1.807, 2.05) is 24.3 Å². The summed E-state index contributed by atoms with van der Waals surface area (Å²) in [5, 5.41) is 3.28. The zero-order chi connectivity index (χ0) is 18.3. The van der Waals surface area contributed by atoms with Crippen molar-refractivity contribution in [3.05, 3.63) is 65.2 Å². The average molecular weight is 381 g/mol. The van der Waals surface area contributed by atoms with Crippen LogP contribution in [0.1, 0.15) is 12.0 Å². The summed E-state index contributed by atoms with van der Waals surface area (Å²) in [6.07, 6.45) is 0.845. The van der Waals surface area contributed by atoms with Gasteiger partial charge in [-0.3, -0.25) is 9.10 Å². The van der Waals surface area contributed by atoms with Crippen molar-refractivity contribution in [2.24, 2.45) is 0 Å². The topological polar surface area (TPSA) is 66.5 Å². The minimum Gasteiger partial charge on any atom is -0.355 e. The molecular weight excluding hydrogens is 360 g/mol. The van der Waals surface area contributed by atoms with E-state index in [-0.39, 0.29) is 24.6 Å². The van der Waals surface area contributed by atoms with Crippen molar-refractivity contribution in [1.29, 1.82) is 0 Å². The molecule has 2 rings (SSSR count). The minimum atomic E-state index is -3.48. The van der Waals surface area contributed by atoms with Gasteiger partial charge in [-0.05, 0) is 36.2 Å². The molecule has 0 aliphatic heterocycles. The molecule has 0 aliphatic rings. The average Bonchev–Trinajstić information content (AvgIpc) is 2.60. The van der Waals surface area contributed by atoms with Gasteiger partial charge in [-0.15, -0.1) is 0 Å². The second kappa shape index (κ2) is 8.87. The number of para-hydroxylation sites is 1. The molecule has 5 nitrogen and oxygen atoms in total. The Kier molecular flexibility index (Phi) is 6.84. The molecule has 0 atom stereocenters. The fourth-order valence-corrected chi connectivity index (χ4v) is 3.58. The largest absolute Gasteiger partial charge is 0.355 e. The molecule has 0 saturated heterocycles. The second-order valence-electron chi connectivity index (χ2n) is 5.60. The lowest BCUT2D eigenvalue weighted by atomic mass is 10.1. The molecule has 0 radical (unpaired) electrons. The lowest BCUT2D eigenvalue weighted by Gasteiger charge is -2.19. The number of carbonyl (C=O) groups is 1. The lowest BCUT2D eigenvalue weighted by molar-refractivity contribution is -0.120. The third kappa shape index (κ3) is 6.07. The zero-order valence-electron chi connectivity index (χ0n) is 14.0. The highest BCUT2D eigenvalue weighted by atomic mass is 35.5. The van der Waals surface area contributed by atoms with E-state index in [9.17, 15) is 13.2 Å². The molecule has 1 amide bonds. The Morgan fingerprint density at radius 2 is 1.84 bits per heavy atom. The van der Waals surface area contributed by atoms with E-state index in [2.05, 4.69) is 5.32 Å². The first-order chi connectivity index (χ1) is 11.9. The first kappa shape index (κ1) is 19.3. The number of aryl methyl sites for hydroxylation is 1. The number of amides is 1. The van der Waals surface area contributed by atoms with Gasteiger partial charge in [0.1, 0.15) is 0 Å². The van der Waals surface area contributed by atoms with Crippen molar-refractivity contribution in [1.82, 2.24) is 5.32 Å². The molecule has 0 heterocycles. The summed E-state index contributed by atoms with van der Waals surface area (Å²) in [5.41, 5.74) is 1.56. The summed E-state index contributed by atoms with van der Waals surface area (Å²) in [4.78, 5) is 11.9. The van der Waals surface area contributed by atoms with E-state index in [0.717, 1.165) is 5.56 Å². The molecule has 0 aromatic heterocycles. The quantitative estimate of drug-likeness (QED) is 0.765. The van der Waals surface area contributed by atoms with Crippen molar-refractivity contribution < 1.29 is 13.2 Å². The van der Waals surface area contributed by atoms with Crippen molar-refractivity contribution in [2.45, 2.75) is 12.8 Å². The van der Waals surface area contributed by atoms with Gasteiger partial charge < -0.3 is 5.32 Å². The summed E-state index contributed by atoms with van der Waals surface area (Å²) in [5.74, 6) is -0.334. The third-order valence-electron chi connectivity index (χ3n) is 3.75. The van der Waals surface area contributed by atoms with Crippen molar-refractivity contribution in [3.63, 3.8) is 0 Å². The van der Waals surface area contributed by atoms with Crippen LogP contribution in [-0.4, -0.2) is 33.7 Å². The summed E-state index contributed by atoms with van der Waals surface area (Å²) in [6.45, 7) is 0.0773. The van der Waals surface area contributed by atoms with Crippen LogP contribution in [0.5, 0.6) is 0 Å². The number of sulfonamides is 1. The zero-order valence-corrected chi connectivity index (χ0v) is 15.6. The first-order valence-electron chi connectivity index (χ1n) is 7.91. The normalized spacial score (nSPS) is 11.1. The minimum absolute atomic E-state index is 0.0773. The molecule has 0 fully saturated rings. The number of halogens is 1. The molecule has 25 heavy (non-hydrogen) atoms. The van der Waals surface area contributed by atoms with Crippen LogP contribution in [-0.2, 0) is 21.2 Å². The van der Waals surface area contributed by atoms with Gasteiger partial charge in [-0.1, -0.05) is 41.9 Å². The van der Waals surface area contributed by atoms with Crippen LogP contribution in [0.4, 0.5) is 5.69 Å². The fraction of sp³-hybridized carbons (Fsp3) is 0.278. The molecule has 2 aromatic carbocycles. The number of nitrogens with zero attached hydrogens (tertiary/aromatic N) is 1. The van der Waals surface area contributed by atoms with Gasteiger partial charge in [0.15, 0.2) is 0 Å². The molecule has 0 bridgehead atoms. The Morgan fingerprint density at radius 3 is 2.52 bits per heavy atom. The maximum atomic E-state index is 12.3. The second-order valence-corrected chi connectivity index (χ2v) is 8.16. The van der Waals surface area contributed by atoms with E-state index in [0.29, 0.717) is 17.1 Å². The number of nitrogens with one attached hydrogen (secondary N) is 1. The van der Waals surface area contributed by atoms with Gasteiger partial charge in [-0.25, -0.2) is 8.42 Å². The highest BCUT2D eigenvalue weighted by Gasteiger charge is 2.18. The molecular formula is C18H21ClN2O3S. The van der Waals surface area contributed by atoms with E-state index in [4.69, 9.17) is 11.6 Å². The van der Waals surface area contributed by atoms with E-state index in [1.165, 1.54) is 11.4 Å². The van der Waals surface area contributed by atoms with E-state index in [1.54, 1.807) is 30.3 Å². The molecule has 0 spiro atoms. The predicted molar refractivity (Wildman–Crippen MR) is 101 cm³/mol. The highest BCUT2D eigenvalue weighted by molar-refractivity contribution is 7.92. The molecule has 0 aliphatic carbocycles. The number of rotatable bonds is 8. The van der Waals surface area contributed by atoms with Crippen LogP contribution in [0.15, 0.2) is 54.6 Å². The lowest BCUT2D eigenvalue weighted by Crippen LogP contribution is -2.35. The Bertz CT molecular complexity index is 810. The standard InChI is InChI=1S/C18H21ClN2O3S/c1-21(17-8-3-2-4-9-17)25(23,24)13-12-20-18(22)11-10-15-6-5-7-16(19)14-15/h2-9,14H,10-13H2,1H3,(H,20,22). The van der Waals surface area contributed by atoms with E-state index < -0.39 is 10.0 Å². The Labute approximate surface area is 153 Å². The molecule has 134 valence electrons. The first-order valence-corrected chi connectivity index (χ1v) is 9.90. The number of anilines is 1. The maximum absolute atomic E-state index is 12.3. The van der Waals surface area contributed by atoms with Crippen molar-refractivity contribution in [2.75, 3.05) is 23.7 Å². The smallest absolute Gasteiger partial charge is 0.236 e. The molecule has 1 N–H and O–H groups in total. The molecule has 0 saturated carbocycles. The van der Waals surface area contributed by atoms with Crippen LogP contribution in [0, 0.1) is 0 Å². The monoisotopic (exact) mass is 380 g/mol. The fourth-order valence-electron chi connectivity index (χ4n) is 2.29. The van der Waals surface area contributed by atoms with Crippen LogP contribution in [0.3, 0.4) is 0 Å². The molecule has 0 unspecified atom stereocenters. The summed E-state index contributed by atoms with van der Waals surface area (Å²) >= 11 is 5.90. The van der Waals surface area contributed by atoms with Gasteiger partial charge in [0, 0.05) is 25.0 Å². The van der Waals surface area contributed by atoms with Gasteiger partial charge in [-0.2, -0.15) is 0 Å². The maximum Gasteiger partial charge on any atom is 0.236 e. The molecule has 2 aromatic rings. The van der Waals surface area contributed by atoms with Gasteiger partial charge in [0.25, 0.3) is 0 Å². The van der Waals surface area contributed by atoms with Crippen LogP contribution >= 0.6 is 11.6 Å². The Morgan fingerprint density at radius 1 is 1.12 bits per heavy atom. The Balaban J connectivity index is 1.78. The molecule has 7 heteroatoms. The summed E-state index contributed by atoms with van der Waals surface area (Å²) in [7, 11) is -1.97. The summed E-state index contributed by atoms with van der Waals surface area (Å²) < 4.78 is 25.8. The van der Waals surface area contributed by atoms with Crippen LogP contribution in [0.25, 0.3) is 0 Å². The Hall–Kier alpha value is -2.05. The number of hydrogen-bond donors (Lipinski definition) is 1. The van der Waals surface area contributed by atoms with Gasteiger partial charge in [0.05, 0.1) is 11.4 Å². The third-order valence-corrected chi connectivity index (χ3v) is 5.75. The van der Waals surface area contributed by atoms with Crippen molar-refractivity contribution in [3.8, 4) is 0 Å². The van der Waals surface area contributed by atoms with Gasteiger partial charge >= 0.3 is 0 Å². The van der Waals surface area contributed by atoms with Crippen molar-refractivity contribution >= 4 is 33.2 Å². The van der Waals surface area contributed by atoms with E-state index >= 15 is 0 Å². The van der Waals surface area contributed by atoms with Crippen LogP contribution < -0.4 is 9.62 Å².